The molecule has 0 aliphatic rings. The molecule has 8 heteroatoms. The molecule has 0 unspecified atom stereocenters. The smallest absolute Gasteiger partial charge is 0.251 e. The summed E-state index contributed by atoms with van der Waals surface area (Å²) < 4.78 is 5.30. The third-order valence-electron chi connectivity index (χ3n) is 4.50. The van der Waals surface area contributed by atoms with Crippen molar-refractivity contribution in [2.45, 2.75) is 25.7 Å². The molecule has 0 radical (unpaired) electrons. The summed E-state index contributed by atoms with van der Waals surface area (Å²) in [4.78, 5) is 28.1. The van der Waals surface area contributed by atoms with E-state index < -0.39 is 0 Å². The highest BCUT2D eigenvalue weighted by Gasteiger charge is 2.09. The first-order chi connectivity index (χ1) is 15.0. The second kappa shape index (κ2) is 11.1. The van der Waals surface area contributed by atoms with Crippen LogP contribution < -0.4 is 10.6 Å². The maximum absolute atomic E-state index is 12.3. The van der Waals surface area contributed by atoms with Crippen molar-refractivity contribution in [2.75, 3.05) is 11.9 Å². The van der Waals surface area contributed by atoms with Gasteiger partial charge in [-0.05, 0) is 61.4 Å². The predicted molar refractivity (Wildman–Crippen MR) is 120 cm³/mol. The third kappa shape index (κ3) is 6.79. The topological polar surface area (TPSA) is 97.1 Å². The molecule has 7 nitrogen and oxygen atoms in total. The maximum Gasteiger partial charge on any atom is 0.251 e. The molecule has 0 spiro atoms. The molecule has 0 atom stereocenters. The second-order valence-corrected chi connectivity index (χ2v) is 7.30. The minimum Gasteiger partial charge on any atom is -0.352 e. The van der Waals surface area contributed by atoms with Crippen LogP contribution in [0.2, 0.25) is 5.02 Å². The summed E-state index contributed by atoms with van der Waals surface area (Å²) in [7, 11) is 0. The van der Waals surface area contributed by atoms with Crippen LogP contribution in [0.5, 0.6) is 0 Å². The quantitative estimate of drug-likeness (QED) is 0.354. The fourth-order valence-corrected chi connectivity index (χ4v) is 3.01. The summed E-state index contributed by atoms with van der Waals surface area (Å²) in [5.41, 5.74) is 1.90. The molecule has 31 heavy (non-hydrogen) atoms. The van der Waals surface area contributed by atoms with Crippen molar-refractivity contribution >= 4 is 29.1 Å². The lowest BCUT2D eigenvalue weighted by molar-refractivity contribution is -0.111. The average molecular weight is 439 g/mol. The van der Waals surface area contributed by atoms with Crippen LogP contribution in [0.25, 0.3) is 11.4 Å². The minimum atomic E-state index is -0.320. The Hall–Kier alpha value is -3.45. The summed E-state index contributed by atoms with van der Waals surface area (Å²) in [6.07, 6.45) is 4.48. The van der Waals surface area contributed by atoms with E-state index in [9.17, 15) is 9.59 Å². The molecule has 2 amide bonds. The van der Waals surface area contributed by atoms with E-state index >= 15 is 0 Å². The zero-order valence-corrected chi connectivity index (χ0v) is 17.7. The number of nitrogens with one attached hydrogen (secondary N) is 2. The zero-order valence-electron chi connectivity index (χ0n) is 16.9. The van der Waals surface area contributed by atoms with Crippen LogP contribution >= 0.6 is 11.6 Å². The Balaban J connectivity index is 1.37. The number of nitrogens with zero attached hydrogens (tertiary/aromatic N) is 2. The van der Waals surface area contributed by atoms with Crippen molar-refractivity contribution < 1.29 is 14.1 Å². The molecule has 0 aliphatic heterocycles. The normalized spacial score (nSPS) is 10.5. The van der Waals surface area contributed by atoms with Crippen LogP contribution in [0.1, 0.15) is 35.5 Å². The van der Waals surface area contributed by atoms with Crippen molar-refractivity contribution in [3.63, 3.8) is 0 Å². The molecular weight excluding hydrogens is 416 g/mol. The SMILES string of the molecule is C=CC(=O)Nc1cccc(C(=O)NCCCCCc2nc(-c3ccc(Cl)cc3)no2)c1. The van der Waals surface area contributed by atoms with Gasteiger partial charge in [-0.1, -0.05) is 35.8 Å². The van der Waals surface area contributed by atoms with Crippen molar-refractivity contribution in [2.24, 2.45) is 0 Å². The van der Waals surface area contributed by atoms with Crippen LogP contribution in [-0.2, 0) is 11.2 Å². The Morgan fingerprint density at radius 3 is 2.68 bits per heavy atom. The Morgan fingerprint density at radius 2 is 1.90 bits per heavy atom. The van der Waals surface area contributed by atoms with Crippen molar-refractivity contribution in [1.82, 2.24) is 15.5 Å². The molecule has 3 rings (SSSR count). The number of unbranched alkanes of at least 4 members (excludes halogenated alkanes) is 2. The van der Waals surface area contributed by atoms with E-state index in [1.165, 1.54) is 6.08 Å². The number of rotatable bonds is 10. The number of halogens is 1. The summed E-state index contributed by atoms with van der Waals surface area (Å²) in [6.45, 7) is 3.96. The lowest BCUT2D eigenvalue weighted by atomic mass is 10.1. The van der Waals surface area contributed by atoms with Gasteiger partial charge in [-0.15, -0.1) is 0 Å². The van der Waals surface area contributed by atoms with E-state index in [-0.39, 0.29) is 11.8 Å². The van der Waals surface area contributed by atoms with E-state index in [2.05, 4.69) is 27.4 Å². The number of amides is 2. The molecular formula is C23H23ClN4O3. The molecule has 3 aromatic rings. The Bertz CT molecular complexity index is 1050. The first-order valence-corrected chi connectivity index (χ1v) is 10.3. The molecule has 0 bridgehead atoms. The first-order valence-electron chi connectivity index (χ1n) is 9.95. The Kier molecular flexibility index (Phi) is 7.95. The van der Waals surface area contributed by atoms with Crippen LogP contribution in [0.4, 0.5) is 5.69 Å². The van der Waals surface area contributed by atoms with Gasteiger partial charge < -0.3 is 15.2 Å². The molecule has 0 fully saturated rings. The highest BCUT2D eigenvalue weighted by molar-refractivity contribution is 6.30. The molecule has 2 N–H and O–H groups in total. The fraction of sp³-hybridized carbons (Fsp3) is 0.217. The number of carbonyl (C=O) groups excluding carboxylic acids is 2. The molecule has 0 saturated heterocycles. The van der Waals surface area contributed by atoms with Crippen LogP contribution in [0, 0.1) is 0 Å². The number of anilines is 1. The van der Waals surface area contributed by atoms with E-state index in [0.717, 1.165) is 24.8 Å². The molecule has 0 saturated carbocycles. The van der Waals surface area contributed by atoms with E-state index in [1.54, 1.807) is 36.4 Å². The van der Waals surface area contributed by atoms with Crippen LogP contribution in [0.15, 0.2) is 65.7 Å². The van der Waals surface area contributed by atoms with Crippen molar-refractivity contribution in [1.29, 1.82) is 0 Å². The summed E-state index contributed by atoms with van der Waals surface area (Å²) >= 11 is 5.89. The highest BCUT2D eigenvalue weighted by atomic mass is 35.5. The van der Waals surface area contributed by atoms with Gasteiger partial charge in [0.05, 0.1) is 0 Å². The van der Waals surface area contributed by atoms with Crippen LogP contribution in [0.3, 0.4) is 0 Å². The van der Waals surface area contributed by atoms with Gasteiger partial charge in [0.25, 0.3) is 5.91 Å². The summed E-state index contributed by atoms with van der Waals surface area (Å²) in [5.74, 6) is 0.635. The first kappa shape index (κ1) is 22.2. The van der Waals surface area contributed by atoms with Gasteiger partial charge in [-0.2, -0.15) is 4.98 Å². The van der Waals surface area contributed by atoms with Gasteiger partial charge in [0.15, 0.2) is 0 Å². The highest BCUT2D eigenvalue weighted by Crippen LogP contribution is 2.19. The van der Waals surface area contributed by atoms with Gasteiger partial charge in [0.2, 0.25) is 17.6 Å². The number of carbonyl (C=O) groups is 2. The molecule has 1 heterocycles. The van der Waals surface area contributed by atoms with Gasteiger partial charge >= 0.3 is 0 Å². The monoisotopic (exact) mass is 438 g/mol. The number of aryl methyl sites for hydroxylation is 1. The summed E-state index contributed by atoms with van der Waals surface area (Å²) in [5, 5.41) is 10.2. The number of benzene rings is 2. The van der Waals surface area contributed by atoms with Crippen molar-refractivity contribution in [3.8, 4) is 11.4 Å². The van der Waals surface area contributed by atoms with Gasteiger partial charge in [-0.25, -0.2) is 0 Å². The average Bonchev–Trinajstić information content (AvgIpc) is 3.25. The number of aromatic nitrogens is 2. The lowest BCUT2D eigenvalue weighted by Crippen LogP contribution is -2.24. The maximum atomic E-state index is 12.3. The standard InChI is InChI=1S/C23H23ClN4O3/c1-2-20(29)26-19-8-6-7-17(15-19)23(30)25-14-5-3-4-9-21-27-22(28-31-21)16-10-12-18(24)13-11-16/h2,6-8,10-13,15H,1,3-5,9,14H2,(H,25,30)(H,26,29). The van der Waals surface area contributed by atoms with E-state index in [0.29, 0.717) is 41.0 Å². The molecule has 2 aromatic carbocycles. The molecule has 1 aromatic heterocycles. The van der Waals surface area contributed by atoms with E-state index in [1.807, 2.05) is 12.1 Å². The lowest BCUT2D eigenvalue weighted by Gasteiger charge is -2.07. The largest absolute Gasteiger partial charge is 0.352 e. The third-order valence-corrected chi connectivity index (χ3v) is 4.75. The van der Waals surface area contributed by atoms with Gasteiger partial charge in [0.1, 0.15) is 0 Å². The summed E-state index contributed by atoms with van der Waals surface area (Å²) in [6, 6.07) is 14.0. The minimum absolute atomic E-state index is 0.181. The number of hydrogen-bond donors (Lipinski definition) is 2. The zero-order chi connectivity index (χ0) is 22.1. The predicted octanol–water partition coefficient (Wildman–Crippen LogP) is 4.66. The second-order valence-electron chi connectivity index (χ2n) is 6.86. The molecule has 160 valence electrons. The van der Waals surface area contributed by atoms with Crippen molar-refractivity contribution in [3.05, 3.63) is 77.7 Å². The van der Waals surface area contributed by atoms with E-state index in [4.69, 9.17) is 16.1 Å². The number of hydrogen-bond acceptors (Lipinski definition) is 5. The fourth-order valence-electron chi connectivity index (χ4n) is 2.89. The molecule has 0 aliphatic carbocycles. The van der Waals surface area contributed by atoms with Gasteiger partial charge in [-0.3, -0.25) is 9.59 Å². The van der Waals surface area contributed by atoms with Crippen LogP contribution in [-0.4, -0.2) is 28.5 Å². The van der Waals surface area contributed by atoms with Gasteiger partial charge in [0, 0.05) is 34.8 Å². The Labute approximate surface area is 185 Å². The Morgan fingerprint density at radius 1 is 1.10 bits per heavy atom.